The van der Waals surface area contributed by atoms with Crippen LogP contribution in [0.1, 0.15) is 35.6 Å². The van der Waals surface area contributed by atoms with E-state index in [9.17, 15) is 9.59 Å². The van der Waals surface area contributed by atoms with Gasteiger partial charge in [0.1, 0.15) is 6.61 Å². The number of hydrogen-bond acceptors (Lipinski definition) is 8. The lowest BCUT2D eigenvalue weighted by molar-refractivity contribution is -0.113. The Morgan fingerprint density at radius 1 is 1.06 bits per heavy atom. The summed E-state index contributed by atoms with van der Waals surface area (Å²) in [6.45, 7) is 6.60. The van der Waals surface area contributed by atoms with Gasteiger partial charge in [0.2, 0.25) is 5.91 Å². The molecule has 1 N–H and O–H groups in total. The first-order valence-corrected chi connectivity index (χ1v) is 12.3. The van der Waals surface area contributed by atoms with Gasteiger partial charge < -0.3 is 24.1 Å². The molecule has 1 amide bonds. The summed E-state index contributed by atoms with van der Waals surface area (Å²) < 4.78 is 18.3. The van der Waals surface area contributed by atoms with Crippen molar-refractivity contribution in [3.8, 4) is 11.5 Å². The average Bonchev–Trinajstić information content (AvgIpc) is 3.18. The molecule has 186 valence electrons. The minimum Gasteiger partial charge on any atom is -0.490 e. The van der Waals surface area contributed by atoms with Gasteiger partial charge in [0, 0.05) is 7.05 Å². The Morgan fingerprint density at radius 3 is 2.60 bits per heavy atom. The highest BCUT2D eigenvalue weighted by atomic mass is 35.5. The van der Waals surface area contributed by atoms with Crippen molar-refractivity contribution in [3.63, 3.8) is 0 Å². The molecule has 0 aliphatic rings. The first-order valence-electron chi connectivity index (χ1n) is 11.0. The lowest BCUT2D eigenvalue weighted by Gasteiger charge is -2.12. The Labute approximate surface area is 213 Å². The topological polar surface area (TPSA) is 105 Å². The molecule has 0 fully saturated rings. The summed E-state index contributed by atoms with van der Waals surface area (Å²) in [5.74, 6) is 1.17. The third-order valence-corrected chi connectivity index (χ3v) is 6.11. The largest absolute Gasteiger partial charge is 0.490 e. The fourth-order valence-electron chi connectivity index (χ4n) is 3.02. The van der Waals surface area contributed by atoms with Crippen LogP contribution in [0.15, 0.2) is 41.6 Å². The fraction of sp³-hybridized carbons (Fsp3) is 0.333. The highest BCUT2D eigenvalue weighted by molar-refractivity contribution is 7.99. The zero-order chi connectivity index (χ0) is 25.4. The van der Waals surface area contributed by atoms with Crippen LogP contribution in [0.3, 0.4) is 0 Å². The molecule has 0 saturated heterocycles. The third kappa shape index (κ3) is 7.12. The standard InChI is InChI=1S/C24H27ClN4O5S/c1-5-32-20-11-15(3)7-10-19(20)34-13-21-27-28-24(29(21)4)35-14-22(30)26-18-12-16(8-9-17(18)25)23(31)33-6-2/h7-12H,5-6,13-14H2,1-4H3,(H,26,30). The molecular formula is C24H27ClN4O5S. The molecule has 9 nitrogen and oxygen atoms in total. The lowest BCUT2D eigenvalue weighted by Crippen LogP contribution is -2.15. The van der Waals surface area contributed by atoms with E-state index in [4.69, 9.17) is 25.8 Å². The molecule has 0 spiro atoms. The van der Waals surface area contributed by atoms with Crippen molar-refractivity contribution in [2.45, 2.75) is 32.5 Å². The second-order valence-corrected chi connectivity index (χ2v) is 8.73. The van der Waals surface area contributed by atoms with Crippen molar-refractivity contribution in [3.05, 3.63) is 58.4 Å². The van der Waals surface area contributed by atoms with Crippen molar-refractivity contribution >= 4 is 40.9 Å². The number of amides is 1. The van der Waals surface area contributed by atoms with Crippen LogP contribution >= 0.6 is 23.4 Å². The Morgan fingerprint density at radius 2 is 1.86 bits per heavy atom. The van der Waals surface area contributed by atoms with E-state index < -0.39 is 5.97 Å². The normalized spacial score (nSPS) is 10.7. The van der Waals surface area contributed by atoms with E-state index in [1.807, 2.05) is 32.0 Å². The predicted molar refractivity (Wildman–Crippen MR) is 134 cm³/mol. The van der Waals surface area contributed by atoms with Gasteiger partial charge in [-0.2, -0.15) is 0 Å². The molecule has 11 heteroatoms. The maximum atomic E-state index is 12.5. The van der Waals surface area contributed by atoms with Crippen LogP contribution in [0.2, 0.25) is 5.02 Å². The summed E-state index contributed by atoms with van der Waals surface area (Å²) >= 11 is 7.39. The quantitative estimate of drug-likeness (QED) is 0.288. The number of ether oxygens (including phenoxy) is 3. The lowest BCUT2D eigenvalue weighted by atomic mass is 10.2. The molecule has 3 aromatic rings. The number of aromatic nitrogens is 3. The number of esters is 1. The van der Waals surface area contributed by atoms with E-state index in [0.717, 1.165) is 5.56 Å². The Balaban J connectivity index is 1.58. The molecule has 3 rings (SSSR count). The number of carbonyl (C=O) groups is 2. The zero-order valence-corrected chi connectivity index (χ0v) is 21.5. The van der Waals surface area contributed by atoms with Crippen molar-refractivity contribution in [2.24, 2.45) is 7.05 Å². The van der Waals surface area contributed by atoms with E-state index in [2.05, 4.69) is 15.5 Å². The van der Waals surface area contributed by atoms with Crippen molar-refractivity contribution in [2.75, 3.05) is 24.3 Å². The van der Waals surface area contributed by atoms with Crippen molar-refractivity contribution in [1.29, 1.82) is 0 Å². The minimum absolute atomic E-state index is 0.0687. The molecule has 0 aliphatic heterocycles. The smallest absolute Gasteiger partial charge is 0.338 e. The van der Waals surface area contributed by atoms with E-state index in [-0.39, 0.29) is 24.9 Å². The number of nitrogens with one attached hydrogen (secondary N) is 1. The summed E-state index contributed by atoms with van der Waals surface area (Å²) in [6, 6.07) is 10.3. The molecule has 35 heavy (non-hydrogen) atoms. The summed E-state index contributed by atoms with van der Waals surface area (Å²) in [6.07, 6.45) is 0. The zero-order valence-electron chi connectivity index (χ0n) is 20.0. The third-order valence-electron chi connectivity index (χ3n) is 4.76. The second kappa shape index (κ2) is 12.5. The number of carbonyl (C=O) groups excluding carboxylic acids is 2. The van der Waals surface area contributed by atoms with E-state index in [0.29, 0.717) is 45.4 Å². The summed E-state index contributed by atoms with van der Waals surface area (Å²) in [5, 5.41) is 11.9. The van der Waals surface area contributed by atoms with E-state index in [1.54, 1.807) is 24.6 Å². The van der Waals surface area contributed by atoms with Crippen LogP contribution in [0.25, 0.3) is 0 Å². The van der Waals surface area contributed by atoms with Gasteiger partial charge in [-0.05, 0) is 56.7 Å². The first-order chi connectivity index (χ1) is 16.8. The predicted octanol–water partition coefficient (Wildman–Crippen LogP) is 4.66. The summed E-state index contributed by atoms with van der Waals surface area (Å²) in [5.41, 5.74) is 1.71. The van der Waals surface area contributed by atoms with Crippen LogP contribution in [0.4, 0.5) is 5.69 Å². The van der Waals surface area contributed by atoms with Crippen LogP contribution in [-0.4, -0.2) is 45.6 Å². The molecule has 0 radical (unpaired) electrons. The van der Waals surface area contributed by atoms with Gasteiger partial charge in [0.25, 0.3) is 0 Å². The van der Waals surface area contributed by atoms with Gasteiger partial charge >= 0.3 is 5.97 Å². The fourth-order valence-corrected chi connectivity index (χ4v) is 3.92. The molecule has 0 saturated carbocycles. The SMILES string of the molecule is CCOC(=O)c1ccc(Cl)c(NC(=O)CSc2nnc(COc3ccc(C)cc3OCC)n2C)c1. The molecule has 0 unspecified atom stereocenters. The second-order valence-electron chi connectivity index (χ2n) is 7.38. The highest BCUT2D eigenvalue weighted by Crippen LogP contribution is 2.29. The number of anilines is 1. The number of benzene rings is 2. The van der Waals surface area contributed by atoms with Gasteiger partial charge in [-0.15, -0.1) is 10.2 Å². The van der Waals surface area contributed by atoms with Gasteiger partial charge in [-0.3, -0.25) is 4.79 Å². The molecule has 1 aromatic heterocycles. The highest BCUT2D eigenvalue weighted by Gasteiger charge is 2.15. The number of aryl methyl sites for hydroxylation is 1. The van der Waals surface area contributed by atoms with Gasteiger partial charge in [-0.1, -0.05) is 29.4 Å². The number of rotatable bonds is 11. The van der Waals surface area contributed by atoms with Crippen molar-refractivity contribution < 1.29 is 23.8 Å². The molecular weight excluding hydrogens is 492 g/mol. The maximum absolute atomic E-state index is 12.5. The molecule has 2 aromatic carbocycles. The molecule has 0 atom stereocenters. The number of hydrogen-bond donors (Lipinski definition) is 1. The Hall–Kier alpha value is -3.24. The Kier molecular flexibility index (Phi) is 9.39. The molecule has 1 heterocycles. The van der Waals surface area contributed by atoms with Gasteiger partial charge in [0.15, 0.2) is 22.5 Å². The van der Waals surface area contributed by atoms with E-state index >= 15 is 0 Å². The van der Waals surface area contributed by atoms with Gasteiger partial charge in [-0.25, -0.2) is 4.79 Å². The molecule has 0 aliphatic carbocycles. The van der Waals surface area contributed by atoms with Crippen LogP contribution in [-0.2, 0) is 23.2 Å². The Bertz CT molecular complexity index is 1200. The monoisotopic (exact) mass is 518 g/mol. The van der Waals surface area contributed by atoms with E-state index in [1.165, 1.54) is 23.9 Å². The average molecular weight is 519 g/mol. The van der Waals surface area contributed by atoms with Crippen LogP contribution in [0, 0.1) is 6.92 Å². The number of thioether (sulfide) groups is 1. The summed E-state index contributed by atoms with van der Waals surface area (Å²) in [7, 11) is 1.80. The van der Waals surface area contributed by atoms with Crippen LogP contribution in [0.5, 0.6) is 11.5 Å². The minimum atomic E-state index is -0.484. The van der Waals surface area contributed by atoms with Gasteiger partial charge in [0.05, 0.1) is 35.2 Å². The molecule has 0 bridgehead atoms. The maximum Gasteiger partial charge on any atom is 0.338 e. The van der Waals surface area contributed by atoms with Crippen LogP contribution < -0.4 is 14.8 Å². The number of halogens is 1. The number of nitrogens with zero attached hydrogens (tertiary/aromatic N) is 3. The summed E-state index contributed by atoms with van der Waals surface area (Å²) in [4.78, 5) is 24.4. The first kappa shape index (κ1) is 26.4. The van der Waals surface area contributed by atoms with Crippen molar-refractivity contribution in [1.82, 2.24) is 14.8 Å².